The van der Waals surface area contributed by atoms with Gasteiger partial charge in [0.2, 0.25) is 0 Å². The SMILES string of the molecule is COCCC(=O)c1ccc(OCc2ccccc2Cl)c(C)c1. The summed E-state index contributed by atoms with van der Waals surface area (Å²) in [6, 6.07) is 13.0. The van der Waals surface area contributed by atoms with Crippen LogP contribution in [0.25, 0.3) is 0 Å². The van der Waals surface area contributed by atoms with Crippen molar-refractivity contribution in [3.63, 3.8) is 0 Å². The van der Waals surface area contributed by atoms with Gasteiger partial charge in [-0.15, -0.1) is 0 Å². The first-order valence-electron chi connectivity index (χ1n) is 7.11. The summed E-state index contributed by atoms with van der Waals surface area (Å²) in [6.07, 6.45) is 0.385. The van der Waals surface area contributed by atoms with Gasteiger partial charge in [-0.3, -0.25) is 4.79 Å². The Morgan fingerprint density at radius 3 is 2.64 bits per heavy atom. The molecule has 2 aromatic carbocycles. The van der Waals surface area contributed by atoms with Crippen LogP contribution in [0, 0.1) is 6.92 Å². The first-order chi connectivity index (χ1) is 10.6. The average molecular weight is 319 g/mol. The summed E-state index contributed by atoms with van der Waals surface area (Å²) in [6.45, 7) is 2.76. The minimum Gasteiger partial charge on any atom is -0.489 e. The number of Topliss-reactive ketones (excluding diaryl/α,β-unsaturated/α-hetero) is 1. The molecule has 3 nitrogen and oxygen atoms in total. The van der Waals surface area contributed by atoms with Gasteiger partial charge in [-0.2, -0.15) is 0 Å². The van der Waals surface area contributed by atoms with Gasteiger partial charge in [-0.05, 0) is 36.8 Å². The minimum atomic E-state index is 0.0719. The molecule has 0 radical (unpaired) electrons. The van der Waals surface area contributed by atoms with Crippen molar-refractivity contribution in [2.75, 3.05) is 13.7 Å². The molecule has 0 heterocycles. The molecule has 0 bridgehead atoms. The fraction of sp³-hybridized carbons (Fsp3) is 0.278. The van der Waals surface area contributed by atoms with Crippen LogP contribution in [0.15, 0.2) is 42.5 Å². The number of rotatable bonds is 7. The molecule has 0 fully saturated rings. The molecule has 0 aliphatic rings. The van der Waals surface area contributed by atoms with Crippen LogP contribution >= 0.6 is 11.6 Å². The van der Waals surface area contributed by atoms with Crippen LogP contribution in [-0.2, 0) is 11.3 Å². The summed E-state index contributed by atoms with van der Waals surface area (Å²) in [7, 11) is 1.59. The quantitative estimate of drug-likeness (QED) is 0.708. The molecule has 0 unspecified atom stereocenters. The van der Waals surface area contributed by atoms with Gasteiger partial charge in [0.05, 0.1) is 6.61 Å². The third-order valence-corrected chi connectivity index (χ3v) is 3.74. The number of hydrogen-bond acceptors (Lipinski definition) is 3. The lowest BCUT2D eigenvalue weighted by Crippen LogP contribution is -2.04. The van der Waals surface area contributed by atoms with Crippen molar-refractivity contribution in [1.82, 2.24) is 0 Å². The van der Waals surface area contributed by atoms with E-state index >= 15 is 0 Å². The highest BCUT2D eigenvalue weighted by Gasteiger charge is 2.09. The lowest BCUT2D eigenvalue weighted by molar-refractivity contribution is 0.0932. The number of ether oxygens (including phenoxy) is 2. The number of carbonyl (C=O) groups excluding carboxylic acids is 1. The lowest BCUT2D eigenvalue weighted by atomic mass is 10.1. The number of halogens is 1. The second kappa shape index (κ2) is 7.97. The molecule has 0 aromatic heterocycles. The van der Waals surface area contributed by atoms with E-state index in [-0.39, 0.29) is 5.78 Å². The fourth-order valence-electron chi connectivity index (χ4n) is 2.09. The van der Waals surface area contributed by atoms with Crippen molar-refractivity contribution < 1.29 is 14.3 Å². The Morgan fingerprint density at radius 1 is 1.18 bits per heavy atom. The maximum absolute atomic E-state index is 12.0. The number of benzene rings is 2. The summed E-state index contributed by atoms with van der Waals surface area (Å²) in [5, 5.41) is 0.687. The highest BCUT2D eigenvalue weighted by atomic mass is 35.5. The average Bonchev–Trinajstić information content (AvgIpc) is 2.52. The van der Waals surface area contributed by atoms with Gasteiger partial charge in [0.1, 0.15) is 12.4 Å². The van der Waals surface area contributed by atoms with Crippen molar-refractivity contribution in [1.29, 1.82) is 0 Å². The molecule has 0 amide bonds. The Hall–Kier alpha value is -1.84. The monoisotopic (exact) mass is 318 g/mol. The Bertz CT molecular complexity index is 653. The molecular weight excluding hydrogens is 300 g/mol. The van der Waals surface area contributed by atoms with Gasteiger partial charge in [0.25, 0.3) is 0 Å². The molecule has 116 valence electrons. The summed E-state index contributed by atoms with van der Waals surface area (Å²) in [4.78, 5) is 12.0. The molecule has 0 saturated heterocycles. The largest absolute Gasteiger partial charge is 0.489 e. The maximum atomic E-state index is 12.0. The molecule has 22 heavy (non-hydrogen) atoms. The minimum absolute atomic E-state index is 0.0719. The van der Waals surface area contributed by atoms with Crippen molar-refractivity contribution in [2.24, 2.45) is 0 Å². The van der Waals surface area contributed by atoms with Crippen LogP contribution in [0.5, 0.6) is 5.75 Å². The number of methoxy groups -OCH3 is 1. The zero-order valence-electron chi connectivity index (χ0n) is 12.8. The van der Waals surface area contributed by atoms with Crippen LogP contribution in [0.4, 0.5) is 0 Å². The van der Waals surface area contributed by atoms with Gasteiger partial charge >= 0.3 is 0 Å². The Kier molecular flexibility index (Phi) is 5.99. The number of aryl methyl sites for hydroxylation is 1. The lowest BCUT2D eigenvalue weighted by Gasteiger charge is -2.11. The van der Waals surface area contributed by atoms with E-state index in [9.17, 15) is 4.79 Å². The Balaban J connectivity index is 2.04. The van der Waals surface area contributed by atoms with Gasteiger partial charge in [-0.25, -0.2) is 0 Å². The van der Waals surface area contributed by atoms with E-state index in [1.165, 1.54) is 0 Å². The summed E-state index contributed by atoms with van der Waals surface area (Å²) in [5.41, 5.74) is 2.54. The molecule has 0 N–H and O–H groups in total. The van der Waals surface area contributed by atoms with E-state index in [0.29, 0.717) is 30.2 Å². The number of hydrogen-bond donors (Lipinski definition) is 0. The molecule has 2 aromatic rings. The first-order valence-corrected chi connectivity index (χ1v) is 7.48. The molecule has 0 spiro atoms. The van der Waals surface area contributed by atoms with Gasteiger partial charge in [-0.1, -0.05) is 29.8 Å². The molecular formula is C18H19ClO3. The smallest absolute Gasteiger partial charge is 0.165 e. The van der Waals surface area contributed by atoms with Gasteiger partial charge in [0.15, 0.2) is 5.78 Å². The number of carbonyl (C=O) groups is 1. The maximum Gasteiger partial charge on any atom is 0.165 e. The Labute approximate surface area is 135 Å². The highest BCUT2D eigenvalue weighted by molar-refractivity contribution is 6.31. The van der Waals surface area contributed by atoms with E-state index in [2.05, 4.69) is 0 Å². The first kappa shape index (κ1) is 16.5. The molecule has 0 saturated carbocycles. The van der Waals surface area contributed by atoms with Crippen molar-refractivity contribution in [3.05, 3.63) is 64.2 Å². The van der Waals surface area contributed by atoms with Crippen LogP contribution in [0.3, 0.4) is 0 Å². The van der Waals surface area contributed by atoms with Crippen molar-refractivity contribution in [3.8, 4) is 5.75 Å². The third kappa shape index (κ3) is 4.33. The second-order valence-electron chi connectivity index (χ2n) is 5.03. The van der Waals surface area contributed by atoms with Crippen molar-refractivity contribution in [2.45, 2.75) is 20.0 Å². The molecule has 0 atom stereocenters. The zero-order chi connectivity index (χ0) is 15.9. The van der Waals surface area contributed by atoms with Crippen LogP contribution in [0.2, 0.25) is 5.02 Å². The molecule has 4 heteroatoms. The molecule has 0 aliphatic carbocycles. The number of ketones is 1. The van der Waals surface area contributed by atoms with Crippen LogP contribution in [-0.4, -0.2) is 19.5 Å². The topological polar surface area (TPSA) is 35.5 Å². The van der Waals surface area contributed by atoms with E-state index in [1.54, 1.807) is 13.2 Å². The third-order valence-electron chi connectivity index (χ3n) is 3.37. The predicted molar refractivity (Wildman–Crippen MR) is 87.8 cm³/mol. The van der Waals surface area contributed by atoms with Gasteiger partial charge in [0, 0.05) is 29.7 Å². The summed E-state index contributed by atoms with van der Waals surface area (Å²) < 4.78 is 10.7. The van der Waals surface area contributed by atoms with E-state index < -0.39 is 0 Å². The van der Waals surface area contributed by atoms with E-state index in [4.69, 9.17) is 21.1 Å². The summed E-state index contributed by atoms with van der Waals surface area (Å²) >= 11 is 6.11. The summed E-state index contributed by atoms with van der Waals surface area (Å²) in [5.74, 6) is 0.825. The molecule has 0 aliphatic heterocycles. The van der Waals surface area contributed by atoms with E-state index in [0.717, 1.165) is 16.9 Å². The molecule has 2 rings (SSSR count). The normalized spacial score (nSPS) is 10.5. The van der Waals surface area contributed by atoms with Crippen LogP contribution < -0.4 is 4.74 Å². The van der Waals surface area contributed by atoms with E-state index in [1.807, 2.05) is 43.3 Å². The Morgan fingerprint density at radius 2 is 1.95 bits per heavy atom. The fourth-order valence-corrected chi connectivity index (χ4v) is 2.29. The van der Waals surface area contributed by atoms with Crippen LogP contribution in [0.1, 0.15) is 27.9 Å². The zero-order valence-corrected chi connectivity index (χ0v) is 13.5. The standard InChI is InChI=1S/C18H19ClO3/c1-13-11-14(17(20)9-10-21-2)7-8-18(13)22-12-15-5-3-4-6-16(15)19/h3-8,11H,9-10,12H2,1-2H3. The predicted octanol–water partition coefficient (Wildman–Crippen LogP) is 4.45. The van der Waals surface area contributed by atoms with Gasteiger partial charge < -0.3 is 9.47 Å². The highest BCUT2D eigenvalue weighted by Crippen LogP contribution is 2.23. The second-order valence-corrected chi connectivity index (χ2v) is 5.43. The van der Waals surface area contributed by atoms with Crippen molar-refractivity contribution >= 4 is 17.4 Å².